The molecule has 0 spiro atoms. The van der Waals surface area contributed by atoms with Crippen molar-refractivity contribution < 1.29 is 18.3 Å². The van der Waals surface area contributed by atoms with Crippen molar-refractivity contribution in [3.05, 3.63) is 70.4 Å². The summed E-state index contributed by atoms with van der Waals surface area (Å²) in [5.74, 6) is -2.13. The fourth-order valence-electron chi connectivity index (χ4n) is 3.62. The second-order valence-electron chi connectivity index (χ2n) is 6.91. The van der Waals surface area contributed by atoms with Crippen LogP contribution in [-0.4, -0.2) is 48.6 Å². The first-order valence-corrected chi connectivity index (χ1v) is 9.73. The van der Waals surface area contributed by atoms with Crippen molar-refractivity contribution in [1.82, 2.24) is 15.2 Å². The van der Waals surface area contributed by atoms with Crippen molar-refractivity contribution in [2.75, 3.05) is 32.8 Å². The third-order valence-corrected chi connectivity index (χ3v) is 5.59. The van der Waals surface area contributed by atoms with Crippen LogP contribution in [-0.2, 0) is 4.74 Å². The van der Waals surface area contributed by atoms with Crippen LogP contribution in [0.25, 0.3) is 10.9 Å². The Hall–Kier alpha value is -2.48. The number of fused-ring (bicyclic) bond motifs is 1. The number of benzene rings is 2. The van der Waals surface area contributed by atoms with Gasteiger partial charge in [0, 0.05) is 36.7 Å². The minimum absolute atomic E-state index is 0.228. The van der Waals surface area contributed by atoms with Gasteiger partial charge in [-0.15, -0.1) is 0 Å². The molecule has 1 aliphatic rings. The molecule has 1 unspecified atom stereocenters. The number of carbonyl (C=O) groups is 1. The number of ether oxygens (including phenoxy) is 1. The van der Waals surface area contributed by atoms with Gasteiger partial charge in [-0.2, -0.15) is 0 Å². The molecular weight excluding hydrogens is 400 g/mol. The number of nitrogens with one attached hydrogen (secondary N) is 2. The van der Waals surface area contributed by atoms with E-state index >= 15 is 0 Å². The van der Waals surface area contributed by atoms with E-state index in [2.05, 4.69) is 15.2 Å². The van der Waals surface area contributed by atoms with E-state index in [9.17, 15) is 13.6 Å². The van der Waals surface area contributed by atoms with Gasteiger partial charge in [-0.1, -0.05) is 17.7 Å². The van der Waals surface area contributed by atoms with Crippen molar-refractivity contribution in [3.8, 4) is 0 Å². The van der Waals surface area contributed by atoms with Gasteiger partial charge < -0.3 is 15.0 Å². The maximum atomic E-state index is 13.8. The standard InChI is InChI=1S/C21H20ClF2N3O2/c22-20-14-5-6-25-18(14)4-2-15(20)21(28)26-12-19(27-7-9-29-10-8-27)13-1-3-16(23)17(24)11-13/h1-6,11,19,25H,7-10,12H2,(H,26,28). The number of hydrogen-bond donors (Lipinski definition) is 2. The molecule has 8 heteroatoms. The minimum atomic E-state index is -0.909. The van der Waals surface area contributed by atoms with Gasteiger partial charge in [0.1, 0.15) is 0 Å². The predicted octanol–water partition coefficient (Wildman–Crippen LogP) is 3.90. The number of aromatic amines is 1. The molecule has 0 radical (unpaired) electrons. The van der Waals surface area contributed by atoms with Gasteiger partial charge in [0.05, 0.1) is 29.8 Å². The summed E-state index contributed by atoms with van der Waals surface area (Å²) in [4.78, 5) is 17.9. The van der Waals surface area contributed by atoms with Gasteiger partial charge in [-0.3, -0.25) is 9.69 Å². The van der Waals surface area contributed by atoms with Gasteiger partial charge in [-0.25, -0.2) is 8.78 Å². The number of rotatable bonds is 5. The smallest absolute Gasteiger partial charge is 0.252 e. The zero-order valence-corrected chi connectivity index (χ0v) is 16.3. The molecule has 2 N–H and O–H groups in total. The number of aromatic nitrogens is 1. The zero-order valence-electron chi connectivity index (χ0n) is 15.6. The van der Waals surface area contributed by atoms with Gasteiger partial charge in [-0.05, 0) is 35.9 Å². The first kappa shape index (κ1) is 19.8. The monoisotopic (exact) mass is 419 g/mol. The Morgan fingerprint density at radius 3 is 2.72 bits per heavy atom. The third kappa shape index (κ3) is 4.12. The summed E-state index contributed by atoms with van der Waals surface area (Å²) in [7, 11) is 0. The topological polar surface area (TPSA) is 57.4 Å². The molecule has 1 atom stereocenters. The van der Waals surface area contributed by atoms with Crippen LogP contribution in [0.15, 0.2) is 42.6 Å². The normalized spacial score (nSPS) is 16.1. The van der Waals surface area contributed by atoms with Crippen LogP contribution < -0.4 is 5.32 Å². The fourth-order valence-corrected chi connectivity index (χ4v) is 3.94. The quantitative estimate of drug-likeness (QED) is 0.659. The van der Waals surface area contributed by atoms with E-state index in [1.54, 1.807) is 24.4 Å². The Morgan fingerprint density at radius 1 is 1.17 bits per heavy atom. The molecule has 1 fully saturated rings. The Balaban J connectivity index is 1.55. The van der Waals surface area contributed by atoms with Gasteiger partial charge >= 0.3 is 0 Å². The molecule has 29 heavy (non-hydrogen) atoms. The van der Waals surface area contributed by atoms with Crippen molar-refractivity contribution in [2.45, 2.75) is 6.04 Å². The second kappa shape index (κ2) is 8.49. The number of hydrogen-bond acceptors (Lipinski definition) is 3. The maximum absolute atomic E-state index is 13.8. The highest BCUT2D eigenvalue weighted by Gasteiger charge is 2.25. The first-order chi connectivity index (χ1) is 14.0. The van der Waals surface area contributed by atoms with Crippen LogP contribution in [0.3, 0.4) is 0 Å². The van der Waals surface area contributed by atoms with E-state index in [1.807, 2.05) is 6.07 Å². The lowest BCUT2D eigenvalue weighted by Gasteiger charge is -2.35. The highest BCUT2D eigenvalue weighted by molar-refractivity contribution is 6.38. The summed E-state index contributed by atoms with van der Waals surface area (Å²) in [6, 6.07) is 8.79. The fraction of sp³-hybridized carbons (Fsp3) is 0.286. The average Bonchev–Trinajstić information content (AvgIpc) is 3.21. The van der Waals surface area contributed by atoms with Crippen LogP contribution in [0.2, 0.25) is 5.02 Å². The molecule has 4 rings (SSSR count). The highest BCUT2D eigenvalue weighted by Crippen LogP contribution is 2.27. The van der Waals surface area contributed by atoms with Crippen molar-refractivity contribution in [3.63, 3.8) is 0 Å². The van der Waals surface area contributed by atoms with E-state index < -0.39 is 11.6 Å². The Bertz CT molecular complexity index is 1030. The molecule has 152 valence electrons. The summed E-state index contributed by atoms with van der Waals surface area (Å²) in [6.07, 6.45) is 1.76. The second-order valence-corrected chi connectivity index (χ2v) is 7.29. The molecule has 0 saturated carbocycles. The summed E-state index contributed by atoms with van der Waals surface area (Å²) in [5, 5.41) is 4.03. The van der Waals surface area contributed by atoms with Crippen molar-refractivity contribution in [1.29, 1.82) is 0 Å². The highest BCUT2D eigenvalue weighted by atomic mass is 35.5. The number of halogens is 3. The van der Waals surface area contributed by atoms with Crippen LogP contribution in [0.1, 0.15) is 22.0 Å². The first-order valence-electron chi connectivity index (χ1n) is 9.35. The van der Waals surface area contributed by atoms with E-state index in [0.29, 0.717) is 42.5 Å². The van der Waals surface area contributed by atoms with Gasteiger partial charge in [0.15, 0.2) is 11.6 Å². The van der Waals surface area contributed by atoms with E-state index in [0.717, 1.165) is 17.0 Å². The molecule has 1 aliphatic heterocycles. The van der Waals surface area contributed by atoms with Crippen molar-refractivity contribution in [2.24, 2.45) is 0 Å². The summed E-state index contributed by atoms with van der Waals surface area (Å²) in [5.41, 5.74) is 1.81. The molecule has 1 saturated heterocycles. The number of amides is 1. The van der Waals surface area contributed by atoms with Crippen molar-refractivity contribution >= 4 is 28.4 Å². The summed E-state index contributed by atoms with van der Waals surface area (Å²) < 4.78 is 32.6. The number of carbonyl (C=O) groups excluding carboxylic acids is 1. The van der Waals surface area contributed by atoms with Gasteiger partial charge in [0.25, 0.3) is 5.91 Å². The van der Waals surface area contributed by atoms with E-state index in [-0.39, 0.29) is 18.5 Å². The average molecular weight is 420 g/mol. The lowest BCUT2D eigenvalue weighted by atomic mass is 10.0. The van der Waals surface area contributed by atoms with Crippen LogP contribution in [0, 0.1) is 11.6 Å². The molecule has 0 aliphatic carbocycles. The lowest BCUT2D eigenvalue weighted by molar-refractivity contribution is 0.0161. The van der Waals surface area contributed by atoms with E-state index in [1.165, 1.54) is 6.07 Å². The molecule has 1 amide bonds. The summed E-state index contributed by atoms with van der Waals surface area (Å²) >= 11 is 6.40. The van der Waals surface area contributed by atoms with Gasteiger partial charge in [0.2, 0.25) is 0 Å². The molecule has 5 nitrogen and oxygen atoms in total. The minimum Gasteiger partial charge on any atom is -0.379 e. The van der Waals surface area contributed by atoms with Crippen LogP contribution >= 0.6 is 11.6 Å². The SMILES string of the molecule is O=C(NCC(c1ccc(F)c(F)c1)N1CCOCC1)c1ccc2[nH]ccc2c1Cl. The molecule has 3 aromatic rings. The molecule has 2 aromatic carbocycles. The summed E-state index contributed by atoms with van der Waals surface area (Å²) in [6.45, 7) is 2.59. The Morgan fingerprint density at radius 2 is 1.97 bits per heavy atom. The largest absolute Gasteiger partial charge is 0.379 e. The third-order valence-electron chi connectivity index (χ3n) is 5.18. The van der Waals surface area contributed by atoms with Crippen LogP contribution in [0.5, 0.6) is 0 Å². The number of nitrogens with zero attached hydrogens (tertiary/aromatic N) is 1. The Kier molecular flexibility index (Phi) is 5.80. The number of morpholine rings is 1. The lowest BCUT2D eigenvalue weighted by Crippen LogP contribution is -2.43. The Labute approximate surface area is 171 Å². The molecule has 2 heterocycles. The molecular formula is C21H20ClF2N3O2. The van der Waals surface area contributed by atoms with Crippen LogP contribution in [0.4, 0.5) is 8.78 Å². The van der Waals surface area contributed by atoms with E-state index in [4.69, 9.17) is 16.3 Å². The maximum Gasteiger partial charge on any atom is 0.252 e. The molecule has 0 bridgehead atoms. The molecule has 1 aromatic heterocycles. The number of H-pyrrole nitrogens is 1. The predicted molar refractivity (Wildman–Crippen MR) is 107 cm³/mol. The zero-order chi connectivity index (χ0) is 20.4.